The molecule has 3 N–H and O–H groups in total. The number of hydrogen-bond donors (Lipinski definition) is 2. The van der Waals surface area contributed by atoms with Crippen LogP contribution in [0.1, 0.15) is 43.5 Å². The third-order valence-corrected chi connectivity index (χ3v) is 3.50. The largest absolute Gasteiger partial charge is 0.384 e. The number of nitrogens with zero attached hydrogens (tertiary/aromatic N) is 2. The Morgan fingerprint density at radius 2 is 2.22 bits per heavy atom. The molecule has 18 heavy (non-hydrogen) atoms. The third kappa shape index (κ3) is 2.33. The molecule has 1 aliphatic rings. The van der Waals surface area contributed by atoms with Gasteiger partial charge in [-0.25, -0.2) is 4.98 Å². The molecule has 0 bridgehead atoms. The fraction of sp³-hybridized carbons (Fsp3) is 0.571. The van der Waals surface area contributed by atoms with E-state index in [2.05, 4.69) is 24.8 Å². The summed E-state index contributed by atoms with van der Waals surface area (Å²) in [6.45, 7) is 6.14. The highest BCUT2D eigenvalue weighted by atomic mass is 15.2. The summed E-state index contributed by atoms with van der Waals surface area (Å²) in [7, 11) is 0. The second-order valence-corrected chi connectivity index (χ2v) is 4.81. The second kappa shape index (κ2) is 5.38. The predicted molar refractivity (Wildman–Crippen MR) is 75.5 cm³/mol. The van der Waals surface area contributed by atoms with Gasteiger partial charge in [-0.2, -0.15) is 0 Å². The van der Waals surface area contributed by atoms with Gasteiger partial charge in [0.15, 0.2) is 0 Å². The number of anilines is 1. The Morgan fingerprint density at radius 3 is 2.83 bits per heavy atom. The lowest BCUT2D eigenvalue weighted by atomic mass is 10.1. The van der Waals surface area contributed by atoms with Crippen LogP contribution in [0.4, 0.5) is 5.82 Å². The van der Waals surface area contributed by atoms with Gasteiger partial charge in [0.05, 0.1) is 5.56 Å². The summed E-state index contributed by atoms with van der Waals surface area (Å²) in [4.78, 5) is 6.99. The van der Waals surface area contributed by atoms with Crippen LogP contribution in [0.5, 0.6) is 0 Å². The molecule has 0 saturated carbocycles. The van der Waals surface area contributed by atoms with Gasteiger partial charge in [-0.15, -0.1) is 0 Å². The van der Waals surface area contributed by atoms with E-state index >= 15 is 0 Å². The maximum absolute atomic E-state index is 7.75. The molecule has 0 saturated heterocycles. The summed E-state index contributed by atoms with van der Waals surface area (Å²) in [5.74, 6) is 1.02. The Hall–Kier alpha value is -1.58. The molecule has 0 spiro atoms. The van der Waals surface area contributed by atoms with Gasteiger partial charge in [-0.05, 0) is 44.2 Å². The van der Waals surface area contributed by atoms with Gasteiger partial charge in [0, 0.05) is 18.8 Å². The zero-order valence-electron chi connectivity index (χ0n) is 11.3. The fourth-order valence-corrected chi connectivity index (χ4v) is 2.58. The molecule has 0 aromatic carbocycles. The minimum absolute atomic E-state index is 0.127. The number of aromatic nitrogens is 1. The van der Waals surface area contributed by atoms with E-state index < -0.39 is 0 Å². The number of fused-ring (bicyclic) bond motifs is 1. The zero-order valence-corrected chi connectivity index (χ0v) is 11.3. The SMILES string of the molecule is CCCN(CC)c1nc2c(cc1C(=N)N)CCC2. The highest BCUT2D eigenvalue weighted by molar-refractivity contribution is 5.99. The maximum atomic E-state index is 7.75. The number of nitrogens with one attached hydrogen (secondary N) is 1. The molecule has 4 nitrogen and oxygen atoms in total. The minimum atomic E-state index is 0.127. The summed E-state index contributed by atoms with van der Waals surface area (Å²) in [5, 5.41) is 7.75. The summed E-state index contributed by atoms with van der Waals surface area (Å²) in [5.41, 5.74) is 8.98. The maximum Gasteiger partial charge on any atom is 0.139 e. The van der Waals surface area contributed by atoms with Crippen molar-refractivity contribution >= 4 is 11.7 Å². The van der Waals surface area contributed by atoms with Crippen LogP contribution >= 0.6 is 0 Å². The molecular formula is C14H22N4. The smallest absolute Gasteiger partial charge is 0.139 e. The van der Waals surface area contributed by atoms with E-state index in [1.807, 2.05) is 0 Å². The molecule has 98 valence electrons. The lowest BCUT2D eigenvalue weighted by Crippen LogP contribution is -2.28. The number of nitrogen functional groups attached to an aromatic ring is 1. The summed E-state index contributed by atoms with van der Waals surface area (Å²) in [6, 6.07) is 2.07. The summed E-state index contributed by atoms with van der Waals surface area (Å²) < 4.78 is 0. The predicted octanol–water partition coefficient (Wildman–Crippen LogP) is 2.09. The van der Waals surface area contributed by atoms with Crippen molar-refractivity contribution in [2.75, 3.05) is 18.0 Å². The number of nitrogens with two attached hydrogens (primary N) is 1. The molecule has 0 atom stereocenters. The van der Waals surface area contributed by atoms with Crippen molar-refractivity contribution in [2.45, 2.75) is 39.5 Å². The van der Waals surface area contributed by atoms with Crippen molar-refractivity contribution in [3.8, 4) is 0 Å². The lowest BCUT2D eigenvalue weighted by molar-refractivity contribution is 0.773. The first-order valence-corrected chi connectivity index (χ1v) is 6.79. The van der Waals surface area contributed by atoms with E-state index in [-0.39, 0.29) is 5.84 Å². The Morgan fingerprint density at radius 1 is 1.44 bits per heavy atom. The van der Waals surface area contributed by atoms with Crippen molar-refractivity contribution in [3.63, 3.8) is 0 Å². The van der Waals surface area contributed by atoms with E-state index in [9.17, 15) is 0 Å². The molecule has 1 heterocycles. The van der Waals surface area contributed by atoms with Gasteiger partial charge in [-0.3, -0.25) is 5.41 Å². The molecule has 0 fully saturated rings. The average Bonchev–Trinajstić information content (AvgIpc) is 2.81. The van der Waals surface area contributed by atoms with E-state index in [1.54, 1.807) is 0 Å². The number of pyridine rings is 1. The van der Waals surface area contributed by atoms with Crippen LogP contribution in [-0.2, 0) is 12.8 Å². The van der Waals surface area contributed by atoms with E-state index in [0.717, 1.165) is 43.7 Å². The molecule has 4 heteroatoms. The van der Waals surface area contributed by atoms with Crippen LogP contribution in [0, 0.1) is 5.41 Å². The van der Waals surface area contributed by atoms with Gasteiger partial charge < -0.3 is 10.6 Å². The Balaban J connectivity index is 2.46. The number of hydrogen-bond acceptors (Lipinski definition) is 3. The molecule has 0 radical (unpaired) electrons. The van der Waals surface area contributed by atoms with Crippen LogP contribution in [0.25, 0.3) is 0 Å². The van der Waals surface area contributed by atoms with Gasteiger partial charge in [0.25, 0.3) is 0 Å². The Bertz CT molecular complexity index is 453. The highest BCUT2D eigenvalue weighted by Crippen LogP contribution is 2.27. The van der Waals surface area contributed by atoms with Crippen molar-refractivity contribution < 1.29 is 0 Å². The standard InChI is InChI=1S/C14H22N4/c1-3-8-18(4-2)14-11(13(15)16)9-10-6-5-7-12(10)17-14/h9H,3-8H2,1-2H3,(H3,15,16). The van der Waals surface area contributed by atoms with Crippen LogP contribution < -0.4 is 10.6 Å². The Kier molecular flexibility index (Phi) is 3.84. The topological polar surface area (TPSA) is 66.0 Å². The monoisotopic (exact) mass is 246 g/mol. The first kappa shape index (κ1) is 12.9. The summed E-state index contributed by atoms with van der Waals surface area (Å²) in [6.07, 6.45) is 4.37. The average molecular weight is 246 g/mol. The molecule has 0 amide bonds. The molecule has 1 aromatic rings. The first-order valence-electron chi connectivity index (χ1n) is 6.79. The van der Waals surface area contributed by atoms with Crippen LogP contribution in [0.3, 0.4) is 0 Å². The molecule has 0 aliphatic heterocycles. The third-order valence-electron chi connectivity index (χ3n) is 3.50. The van der Waals surface area contributed by atoms with Gasteiger partial charge in [0.1, 0.15) is 11.7 Å². The normalized spacial score (nSPS) is 13.4. The molecule has 1 aliphatic carbocycles. The molecule has 2 rings (SSSR count). The summed E-state index contributed by atoms with van der Waals surface area (Å²) >= 11 is 0. The van der Waals surface area contributed by atoms with Crippen molar-refractivity contribution in [1.29, 1.82) is 5.41 Å². The highest BCUT2D eigenvalue weighted by Gasteiger charge is 2.20. The minimum Gasteiger partial charge on any atom is -0.384 e. The molecular weight excluding hydrogens is 224 g/mol. The van der Waals surface area contributed by atoms with Crippen LogP contribution in [-0.4, -0.2) is 23.9 Å². The quantitative estimate of drug-likeness (QED) is 0.617. The lowest BCUT2D eigenvalue weighted by Gasteiger charge is -2.24. The van der Waals surface area contributed by atoms with E-state index in [0.29, 0.717) is 0 Å². The van der Waals surface area contributed by atoms with Gasteiger partial charge in [-0.1, -0.05) is 6.92 Å². The fourth-order valence-electron chi connectivity index (χ4n) is 2.58. The van der Waals surface area contributed by atoms with Crippen molar-refractivity contribution in [3.05, 3.63) is 22.9 Å². The van der Waals surface area contributed by atoms with Crippen LogP contribution in [0.2, 0.25) is 0 Å². The Labute approximate surface area is 109 Å². The van der Waals surface area contributed by atoms with Crippen LogP contribution in [0.15, 0.2) is 6.07 Å². The van der Waals surface area contributed by atoms with Crippen molar-refractivity contribution in [2.24, 2.45) is 5.73 Å². The number of amidine groups is 1. The van der Waals surface area contributed by atoms with Crippen molar-refractivity contribution in [1.82, 2.24) is 4.98 Å². The number of aryl methyl sites for hydroxylation is 2. The first-order chi connectivity index (χ1) is 8.67. The van der Waals surface area contributed by atoms with Gasteiger partial charge >= 0.3 is 0 Å². The number of rotatable bonds is 5. The second-order valence-electron chi connectivity index (χ2n) is 4.81. The van der Waals surface area contributed by atoms with E-state index in [4.69, 9.17) is 16.1 Å². The molecule has 0 unspecified atom stereocenters. The molecule has 1 aromatic heterocycles. The zero-order chi connectivity index (χ0) is 13.1. The van der Waals surface area contributed by atoms with E-state index in [1.165, 1.54) is 17.7 Å². The van der Waals surface area contributed by atoms with Gasteiger partial charge in [0.2, 0.25) is 0 Å².